The van der Waals surface area contributed by atoms with Crippen LogP contribution in [0.25, 0.3) is 0 Å². The molecule has 1 aromatic rings. The number of aliphatic hydroxyl groups is 1. The molecule has 0 aliphatic carbocycles. The van der Waals surface area contributed by atoms with E-state index in [4.69, 9.17) is 14.6 Å². The minimum Gasteiger partial charge on any atom is -0.475 e. The number of rotatable bonds is 8. The molecule has 0 saturated heterocycles. The molecule has 0 radical (unpaired) electrons. The highest BCUT2D eigenvalue weighted by Gasteiger charge is 2.30. The van der Waals surface area contributed by atoms with E-state index in [1.807, 2.05) is 6.92 Å². The summed E-state index contributed by atoms with van der Waals surface area (Å²) in [6.45, 7) is 1.80. The number of halogens is 1. The van der Waals surface area contributed by atoms with Crippen molar-refractivity contribution in [2.75, 3.05) is 19.7 Å². The van der Waals surface area contributed by atoms with Crippen LogP contribution >= 0.6 is 15.9 Å². The Hall–Kier alpha value is -0.900. The van der Waals surface area contributed by atoms with Gasteiger partial charge in [0.1, 0.15) is 4.90 Å². The third-order valence-electron chi connectivity index (χ3n) is 2.59. The molecule has 1 aromatic heterocycles. The maximum atomic E-state index is 12.4. The number of hydrogen-bond acceptors (Lipinski definition) is 5. The molecule has 0 spiro atoms. The second kappa shape index (κ2) is 7.21. The van der Waals surface area contributed by atoms with Gasteiger partial charge in [0, 0.05) is 19.2 Å². The van der Waals surface area contributed by atoms with Gasteiger partial charge in [0.2, 0.25) is 15.8 Å². The molecule has 0 amide bonds. The van der Waals surface area contributed by atoms with E-state index in [-0.39, 0.29) is 29.3 Å². The maximum absolute atomic E-state index is 12.4. The van der Waals surface area contributed by atoms with Crippen molar-refractivity contribution in [2.45, 2.75) is 24.7 Å². The van der Waals surface area contributed by atoms with Crippen molar-refractivity contribution in [1.82, 2.24) is 4.31 Å². The predicted octanol–water partition coefficient (Wildman–Crippen LogP) is 1.52. The van der Waals surface area contributed by atoms with Crippen LogP contribution in [-0.2, 0) is 10.0 Å². The van der Waals surface area contributed by atoms with E-state index >= 15 is 0 Å². The molecule has 7 nitrogen and oxygen atoms in total. The Morgan fingerprint density at radius 3 is 2.55 bits per heavy atom. The molecular weight excluding hydrogens is 354 g/mol. The van der Waals surface area contributed by atoms with Crippen LogP contribution in [0.1, 0.15) is 30.3 Å². The van der Waals surface area contributed by atoms with Crippen molar-refractivity contribution < 1.29 is 27.8 Å². The summed E-state index contributed by atoms with van der Waals surface area (Å²) in [6, 6.07) is 0.956. The van der Waals surface area contributed by atoms with E-state index in [2.05, 4.69) is 15.9 Å². The zero-order chi connectivity index (χ0) is 15.3. The Bertz CT molecular complexity index is 567. The first-order valence-electron chi connectivity index (χ1n) is 5.98. The van der Waals surface area contributed by atoms with Crippen LogP contribution in [0.5, 0.6) is 0 Å². The molecule has 0 unspecified atom stereocenters. The number of unbranched alkanes of at least 4 members (excludes halogenated alkanes) is 1. The first-order valence-corrected chi connectivity index (χ1v) is 8.21. The van der Waals surface area contributed by atoms with E-state index in [9.17, 15) is 13.2 Å². The zero-order valence-electron chi connectivity index (χ0n) is 10.9. The van der Waals surface area contributed by atoms with Gasteiger partial charge >= 0.3 is 5.97 Å². The molecule has 9 heteroatoms. The number of carboxylic acids is 1. The second-order valence-electron chi connectivity index (χ2n) is 4.04. The van der Waals surface area contributed by atoms with Gasteiger partial charge in [0.25, 0.3) is 0 Å². The summed E-state index contributed by atoms with van der Waals surface area (Å²) in [4.78, 5) is 10.5. The molecule has 0 atom stereocenters. The van der Waals surface area contributed by atoms with Crippen LogP contribution in [0.3, 0.4) is 0 Å². The molecule has 114 valence electrons. The molecule has 0 aliphatic heterocycles. The maximum Gasteiger partial charge on any atom is 0.371 e. The van der Waals surface area contributed by atoms with Crippen molar-refractivity contribution in [2.24, 2.45) is 0 Å². The third-order valence-corrected chi connectivity index (χ3v) is 5.35. The minimum atomic E-state index is -3.91. The Morgan fingerprint density at radius 2 is 2.10 bits per heavy atom. The summed E-state index contributed by atoms with van der Waals surface area (Å²) in [7, 11) is -3.91. The number of aromatic carboxylic acids is 1. The van der Waals surface area contributed by atoms with Crippen LogP contribution in [0.15, 0.2) is 20.0 Å². The van der Waals surface area contributed by atoms with E-state index in [1.165, 1.54) is 0 Å². The Kier molecular flexibility index (Phi) is 6.18. The molecule has 0 aliphatic rings. The van der Waals surface area contributed by atoms with Gasteiger partial charge in [-0.25, -0.2) is 13.2 Å². The fourth-order valence-electron chi connectivity index (χ4n) is 1.57. The van der Waals surface area contributed by atoms with Crippen LogP contribution in [0.4, 0.5) is 0 Å². The first kappa shape index (κ1) is 17.2. The zero-order valence-corrected chi connectivity index (χ0v) is 13.3. The summed E-state index contributed by atoms with van der Waals surface area (Å²) in [5, 5.41) is 17.8. The summed E-state index contributed by atoms with van der Waals surface area (Å²) < 4.78 is 30.6. The highest BCUT2D eigenvalue weighted by atomic mass is 79.9. The summed E-state index contributed by atoms with van der Waals surface area (Å²) in [6.07, 6.45) is 1.44. The summed E-state index contributed by atoms with van der Waals surface area (Å²) in [5.41, 5.74) is 0. The largest absolute Gasteiger partial charge is 0.475 e. The van der Waals surface area contributed by atoms with Crippen molar-refractivity contribution in [3.63, 3.8) is 0 Å². The van der Waals surface area contributed by atoms with Crippen LogP contribution in [0, 0.1) is 0 Å². The second-order valence-corrected chi connectivity index (χ2v) is 6.66. The van der Waals surface area contributed by atoms with Crippen LogP contribution < -0.4 is 0 Å². The molecule has 1 heterocycles. The summed E-state index contributed by atoms with van der Waals surface area (Å²) in [5.74, 6) is -1.82. The molecule has 1 rings (SSSR count). The Morgan fingerprint density at radius 1 is 1.45 bits per heavy atom. The normalized spacial score (nSPS) is 12.0. The van der Waals surface area contributed by atoms with Crippen LogP contribution in [-0.4, -0.2) is 48.6 Å². The predicted molar refractivity (Wildman–Crippen MR) is 74.1 cm³/mol. The number of hydrogen-bond donors (Lipinski definition) is 2. The van der Waals surface area contributed by atoms with Gasteiger partial charge in [-0.2, -0.15) is 4.31 Å². The minimum absolute atomic E-state index is 0.0532. The Balaban J connectivity index is 3.15. The van der Waals surface area contributed by atoms with Gasteiger partial charge < -0.3 is 14.6 Å². The van der Waals surface area contributed by atoms with Crippen molar-refractivity contribution in [1.29, 1.82) is 0 Å². The number of furan rings is 1. The highest BCUT2D eigenvalue weighted by molar-refractivity contribution is 9.10. The lowest BCUT2D eigenvalue weighted by Crippen LogP contribution is -2.34. The molecule has 0 bridgehead atoms. The summed E-state index contributed by atoms with van der Waals surface area (Å²) >= 11 is 2.91. The lowest BCUT2D eigenvalue weighted by atomic mass is 10.3. The van der Waals surface area contributed by atoms with Gasteiger partial charge in [0.15, 0.2) is 4.67 Å². The molecule has 0 aromatic carbocycles. The van der Waals surface area contributed by atoms with Gasteiger partial charge in [-0.05, 0) is 22.4 Å². The van der Waals surface area contributed by atoms with E-state index < -0.39 is 21.8 Å². The lowest BCUT2D eigenvalue weighted by molar-refractivity contribution is 0.0661. The van der Waals surface area contributed by atoms with Crippen molar-refractivity contribution in [3.8, 4) is 0 Å². The van der Waals surface area contributed by atoms with E-state index in [1.54, 1.807) is 0 Å². The molecule has 20 heavy (non-hydrogen) atoms. The number of sulfonamides is 1. The lowest BCUT2D eigenvalue weighted by Gasteiger charge is -2.20. The number of aliphatic hydroxyl groups excluding tert-OH is 1. The molecule has 0 fully saturated rings. The van der Waals surface area contributed by atoms with E-state index in [0.29, 0.717) is 6.42 Å². The average Bonchev–Trinajstić information content (AvgIpc) is 2.77. The monoisotopic (exact) mass is 369 g/mol. The van der Waals surface area contributed by atoms with Crippen molar-refractivity contribution in [3.05, 3.63) is 16.5 Å². The fraction of sp³-hybridized carbons (Fsp3) is 0.545. The molecule has 2 N–H and O–H groups in total. The quantitative estimate of drug-likeness (QED) is 0.718. The van der Waals surface area contributed by atoms with E-state index in [0.717, 1.165) is 16.8 Å². The smallest absolute Gasteiger partial charge is 0.371 e. The fourth-order valence-corrected chi connectivity index (χ4v) is 3.94. The van der Waals surface area contributed by atoms with Gasteiger partial charge in [-0.3, -0.25) is 0 Å². The highest BCUT2D eigenvalue weighted by Crippen LogP contribution is 2.29. The van der Waals surface area contributed by atoms with Gasteiger partial charge in [-0.1, -0.05) is 13.3 Å². The van der Waals surface area contributed by atoms with Crippen molar-refractivity contribution >= 4 is 31.9 Å². The first-order chi connectivity index (χ1) is 9.34. The molecular formula is C11H16BrNO6S. The SMILES string of the molecule is CCCCN(CCO)S(=O)(=O)c1cc(C(=O)O)oc1Br. The Labute approximate surface area is 125 Å². The van der Waals surface area contributed by atoms with Gasteiger partial charge in [-0.15, -0.1) is 0 Å². The number of carboxylic acid groups (broad SMARTS) is 1. The number of carbonyl (C=O) groups is 1. The average molecular weight is 370 g/mol. The third kappa shape index (κ3) is 3.81. The number of nitrogens with zero attached hydrogens (tertiary/aromatic N) is 1. The topological polar surface area (TPSA) is 108 Å². The van der Waals surface area contributed by atoms with Gasteiger partial charge in [0.05, 0.1) is 6.61 Å². The molecule has 0 saturated carbocycles. The standard InChI is InChI=1S/C11H16BrNO6S/c1-2-3-4-13(5-6-14)20(17,18)9-7-8(11(15)16)19-10(9)12/h7,14H,2-6H2,1H3,(H,15,16). The van der Waals surface area contributed by atoms with Crippen LogP contribution in [0.2, 0.25) is 0 Å².